The molecule has 13 heavy (non-hydrogen) atoms. The van der Waals surface area contributed by atoms with Gasteiger partial charge in [0, 0.05) is 6.04 Å². The first-order valence-corrected chi connectivity index (χ1v) is 4.71. The molecule has 0 amide bonds. The maximum Gasteiger partial charge on any atom is 0.203 e. The second-order valence-corrected chi connectivity index (χ2v) is 3.50. The van der Waals surface area contributed by atoms with E-state index >= 15 is 0 Å². The van der Waals surface area contributed by atoms with Crippen molar-refractivity contribution in [2.45, 2.75) is 25.3 Å². The normalized spacial score (nSPS) is 26.0. The second kappa shape index (κ2) is 5.04. The molecule has 1 rings (SSSR count). The maximum absolute atomic E-state index is 5.43. The zero-order valence-electron chi connectivity index (χ0n) is 8.16. The van der Waals surface area contributed by atoms with Crippen LogP contribution in [-0.2, 0) is 0 Å². The Morgan fingerprint density at radius 3 is 3.00 bits per heavy atom. The summed E-state index contributed by atoms with van der Waals surface area (Å²) in [4.78, 5) is 6.46. The highest BCUT2D eigenvalue weighted by atomic mass is 15.3. The summed E-state index contributed by atoms with van der Waals surface area (Å²) in [5.41, 5.74) is 7.76. The third kappa shape index (κ3) is 3.20. The number of hydrogen-bond donors (Lipinski definition) is 3. The fourth-order valence-corrected chi connectivity index (χ4v) is 1.62. The number of hydrogen-bond acceptors (Lipinski definition) is 3. The van der Waals surface area contributed by atoms with E-state index in [1.165, 1.54) is 19.3 Å². The molecule has 0 aliphatic carbocycles. The smallest absolute Gasteiger partial charge is 0.203 e. The van der Waals surface area contributed by atoms with Gasteiger partial charge in [-0.3, -0.25) is 10.4 Å². The fourth-order valence-electron chi connectivity index (χ4n) is 1.62. The molecule has 5 N–H and O–H groups in total. The molecule has 76 valence electrons. The molecule has 1 unspecified atom stereocenters. The SMILES string of the molecule is CN1CCCCC1CN=C(N)NN. The summed E-state index contributed by atoms with van der Waals surface area (Å²) in [7, 11) is 2.13. The molecule has 1 atom stereocenters. The van der Waals surface area contributed by atoms with Gasteiger partial charge >= 0.3 is 0 Å². The molecule has 1 saturated heterocycles. The molecule has 1 fully saturated rings. The molecular formula is C8H19N5. The molecule has 0 bridgehead atoms. The summed E-state index contributed by atoms with van der Waals surface area (Å²) >= 11 is 0. The first-order valence-electron chi connectivity index (χ1n) is 4.71. The van der Waals surface area contributed by atoms with Crippen LogP contribution < -0.4 is 17.0 Å². The lowest BCUT2D eigenvalue weighted by molar-refractivity contribution is 0.191. The van der Waals surface area contributed by atoms with Crippen molar-refractivity contribution in [3.63, 3.8) is 0 Å². The lowest BCUT2D eigenvalue weighted by atomic mass is 10.0. The molecule has 1 aliphatic rings. The molecule has 0 saturated carbocycles. The van der Waals surface area contributed by atoms with Crippen molar-refractivity contribution in [1.82, 2.24) is 10.3 Å². The van der Waals surface area contributed by atoms with Gasteiger partial charge < -0.3 is 10.6 Å². The van der Waals surface area contributed by atoms with E-state index in [1.807, 2.05) is 0 Å². The molecule has 1 heterocycles. The summed E-state index contributed by atoms with van der Waals surface area (Å²) in [6, 6.07) is 0.528. The zero-order valence-corrected chi connectivity index (χ0v) is 8.16. The number of nitrogens with two attached hydrogens (primary N) is 2. The average Bonchev–Trinajstić information content (AvgIpc) is 2.16. The van der Waals surface area contributed by atoms with Gasteiger partial charge in [0.2, 0.25) is 5.96 Å². The number of nitrogens with one attached hydrogen (secondary N) is 1. The van der Waals surface area contributed by atoms with E-state index in [9.17, 15) is 0 Å². The molecule has 1 aliphatic heterocycles. The Labute approximate surface area is 79.1 Å². The minimum absolute atomic E-state index is 0.318. The van der Waals surface area contributed by atoms with Gasteiger partial charge in [0.1, 0.15) is 0 Å². The van der Waals surface area contributed by atoms with Crippen LogP contribution in [0.3, 0.4) is 0 Å². The van der Waals surface area contributed by atoms with Crippen LogP contribution in [0.25, 0.3) is 0 Å². The Morgan fingerprint density at radius 1 is 1.62 bits per heavy atom. The standard InChI is InChI=1S/C8H19N5/c1-13-5-3-2-4-7(13)6-11-8(9)12-10/h7H,2-6,10H2,1H3,(H3,9,11,12). The van der Waals surface area contributed by atoms with Gasteiger partial charge in [-0.1, -0.05) is 6.42 Å². The highest BCUT2D eigenvalue weighted by Crippen LogP contribution is 2.14. The van der Waals surface area contributed by atoms with Crippen LogP contribution >= 0.6 is 0 Å². The number of likely N-dealkylation sites (tertiary alicyclic amines) is 1. The number of guanidine groups is 1. The van der Waals surface area contributed by atoms with Gasteiger partial charge in [-0.2, -0.15) is 0 Å². The molecule has 5 nitrogen and oxygen atoms in total. The Balaban J connectivity index is 2.34. The van der Waals surface area contributed by atoms with Crippen molar-refractivity contribution in [3.8, 4) is 0 Å². The lowest BCUT2D eigenvalue weighted by Crippen LogP contribution is -2.41. The van der Waals surface area contributed by atoms with E-state index in [4.69, 9.17) is 11.6 Å². The summed E-state index contributed by atoms with van der Waals surface area (Å²) in [5.74, 6) is 5.42. The van der Waals surface area contributed by atoms with Crippen LogP contribution in [0, 0.1) is 0 Å². The first kappa shape index (κ1) is 10.3. The number of rotatable bonds is 2. The molecule has 0 aromatic carbocycles. The lowest BCUT2D eigenvalue weighted by Gasteiger charge is -2.31. The highest BCUT2D eigenvalue weighted by Gasteiger charge is 2.17. The third-order valence-electron chi connectivity index (χ3n) is 2.54. The van der Waals surface area contributed by atoms with Gasteiger partial charge in [-0.15, -0.1) is 0 Å². The van der Waals surface area contributed by atoms with Crippen LogP contribution in [0.1, 0.15) is 19.3 Å². The predicted octanol–water partition coefficient (Wildman–Crippen LogP) is -0.751. The van der Waals surface area contributed by atoms with E-state index in [0.29, 0.717) is 12.0 Å². The summed E-state index contributed by atoms with van der Waals surface area (Å²) in [6.07, 6.45) is 3.79. The number of aliphatic imine (C=N–C) groups is 1. The second-order valence-electron chi connectivity index (χ2n) is 3.50. The minimum atomic E-state index is 0.318. The van der Waals surface area contributed by atoms with Crippen LogP contribution in [0.5, 0.6) is 0 Å². The van der Waals surface area contributed by atoms with Crippen molar-refractivity contribution >= 4 is 5.96 Å². The van der Waals surface area contributed by atoms with Crippen LogP contribution in [0.15, 0.2) is 4.99 Å². The van der Waals surface area contributed by atoms with Gasteiger partial charge in [0.05, 0.1) is 6.54 Å². The van der Waals surface area contributed by atoms with Crippen molar-refractivity contribution in [2.24, 2.45) is 16.6 Å². The Kier molecular flexibility index (Phi) is 3.98. The van der Waals surface area contributed by atoms with E-state index in [1.54, 1.807) is 0 Å². The molecule has 0 aromatic rings. The number of piperidine rings is 1. The Bertz CT molecular complexity index is 179. The van der Waals surface area contributed by atoms with Gasteiger partial charge in [-0.25, -0.2) is 5.84 Å². The first-order chi connectivity index (χ1) is 6.24. The van der Waals surface area contributed by atoms with Gasteiger partial charge in [0.15, 0.2) is 0 Å². The summed E-state index contributed by atoms with van der Waals surface area (Å²) in [5, 5.41) is 0. The molecule has 0 radical (unpaired) electrons. The Morgan fingerprint density at radius 2 is 2.38 bits per heavy atom. The third-order valence-corrected chi connectivity index (χ3v) is 2.54. The van der Waals surface area contributed by atoms with Crippen molar-refractivity contribution < 1.29 is 0 Å². The van der Waals surface area contributed by atoms with E-state index in [0.717, 1.165) is 13.1 Å². The Hall–Kier alpha value is -0.810. The van der Waals surface area contributed by atoms with Crippen molar-refractivity contribution in [3.05, 3.63) is 0 Å². The molecule has 0 aromatic heterocycles. The number of nitrogens with zero attached hydrogens (tertiary/aromatic N) is 2. The average molecular weight is 185 g/mol. The van der Waals surface area contributed by atoms with E-state index < -0.39 is 0 Å². The highest BCUT2D eigenvalue weighted by molar-refractivity contribution is 5.77. The van der Waals surface area contributed by atoms with Gasteiger partial charge in [0.25, 0.3) is 0 Å². The van der Waals surface area contributed by atoms with Crippen molar-refractivity contribution in [1.29, 1.82) is 0 Å². The van der Waals surface area contributed by atoms with Crippen molar-refractivity contribution in [2.75, 3.05) is 20.1 Å². The van der Waals surface area contributed by atoms with E-state index in [2.05, 4.69) is 22.4 Å². The van der Waals surface area contributed by atoms with Crippen LogP contribution in [0.2, 0.25) is 0 Å². The summed E-state index contributed by atoms with van der Waals surface area (Å²) in [6.45, 7) is 1.91. The monoisotopic (exact) mass is 185 g/mol. The fraction of sp³-hybridized carbons (Fsp3) is 0.875. The van der Waals surface area contributed by atoms with Gasteiger partial charge in [-0.05, 0) is 26.4 Å². The molecular weight excluding hydrogens is 166 g/mol. The topological polar surface area (TPSA) is 79.7 Å². The number of likely N-dealkylation sites (N-methyl/N-ethyl adjacent to an activating group) is 1. The number of hydrazine groups is 1. The predicted molar refractivity (Wildman–Crippen MR) is 54.1 cm³/mol. The zero-order chi connectivity index (χ0) is 9.68. The molecule has 0 spiro atoms. The quantitative estimate of drug-likeness (QED) is 0.229. The minimum Gasteiger partial charge on any atom is -0.369 e. The summed E-state index contributed by atoms with van der Waals surface area (Å²) < 4.78 is 0. The van der Waals surface area contributed by atoms with Crippen LogP contribution in [-0.4, -0.2) is 37.0 Å². The largest absolute Gasteiger partial charge is 0.369 e. The maximum atomic E-state index is 5.43. The molecule has 5 heteroatoms. The van der Waals surface area contributed by atoms with E-state index in [-0.39, 0.29) is 0 Å². The van der Waals surface area contributed by atoms with Crippen LogP contribution in [0.4, 0.5) is 0 Å².